The monoisotopic (exact) mass is 251 g/mol. The lowest BCUT2D eigenvalue weighted by molar-refractivity contribution is -0.143. The standard InChI is InChI=1S/C13H21N3O2/c1-15-10-7-14-12(15)6-9-16-8-4-2-3-5-11(16)13(17)18/h7,10-11H,2-6,8-9H2,1H3,(H,17,18). The third kappa shape index (κ3) is 3.10. The van der Waals surface area contributed by atoms with Gasteiger partial charge in [-0.2, -0.15) is 0 Å². The van der Waals surface area contributed by atoms with Crippen molar-refractivity contribution in [3.8, 4) is 0 Å². The minimum Gasteiger partial charge on any atom is -0.480 e. The van der Waals surface area contributed by atoms with Gasteiger partial charge < -0.3 is 9.67 Å². The summed E-state index contributed by atoms with van der Waals surface area (Å²) in [6.07, 6.45) is 8.56. The number of hydrogen-bond acceptors (Lipinski definition) is 3. The van der Waals surface area contributed by atoms with E-state index in [1.807, 2.05) is 17.8 Å². The Morgan fingerprint density at radius 3 is 3.00 bits per heavy atom. The van der Waals surface area contributed by atoms with E-state index in [0.717, 1.165) is 51.0 Å². The zero-order valence-electron chi connectivity index (χ0n) is 10.9. The first-order valence-electron chi connectivity index (χ1n) is 6.61. The summed E-state index contributed by atoms with van der Waals surface area (Å²) in [5, 5.41) is 9.28. The molecule has 1 unspecified atom stereocenters. The molecule has 0 amide bonds. The lowest BCUT2D eigenvalue weighted by Gasteiger charge is -2.26. The molecule has 0 bridgehead atoms. The molecule has 1 fully saturated rings. The van der Waals surface area contributed by atoms with Crippen molar-refractivity contribution in [1.82, 2.24) is 14.5 Å². The molecular formula is C13H21N3O2. The number of carboxylic acids is 1. The summed E-state index contributed by atoms with van der Waals surface area (Å²) < 4.78 is 1.99. The molecule has 5 heteroatoms. The van der Waals surface area contributed by atoms with Crippen molar-refractivity contribution in [3.63, 3.8) is 0 Å². The predicted molar refractivity (Wildman–Crippen MR) is 68.4 cm³/mol. The van der Waals surface area contributed by atoms with Crippen molar-refractivity contribution in [2.24, 2.45) is 7.05 Å². The van der Waals surface area contributed by atoms with Crippen molar-refractivity contribution >= 4 is 5.97 Å². The highest BCUT2D eigenvalue weighted by Gasteiger charge is 2.26. The highest BCUT2D eigenvalue weighted by Crippen LogP contribution is 2.17. The van der Waals surface area contributed by atoms with E-state index in [-0.39, 0.29) is 6.04 Å². The molecule has 0 spiro atoms. The van der Waals surface area contributed by atoms with Crippen LogP contribution >= 0.6 is 0 Å². The van der Waals surface area contributed by atoms with E-state index in [1.165, 1.54) is 0 Å². The smallest absolute Gasteiger partial charge is 0.320 e. The van der Waals surface area contributed by atoms with Crippen LogP contribution in [0, 0.1) is 0 Å². The second kappa shape index (κ2) is 6.00. The van der Waals surface area contributed by atoms with Gasteiger partial charge >= 0.3 is 5.97 Å². The molecule has 0 saturated carbocycles. The first-order valence-corrected chi connectivity index (χ1v) is 6.61. The van der Waals surface area contributed by atoms with Gasteiger partial charge in [0.2, 0.25) is 0 Å². The normalized spacial score (nSPS) is 21.7. The lowest BCUT2D eigenvalue weighted by atomic mass is 10.1. The largest absolute Gasteiger partial charge is 0.480 e. The quantitative estimate of drug-likeness (QED) is 0.876. The molecule has 5 nitrogen and oxygen atoms in total. The maximum atomic E-state index is 11.3. The zero-order valence-corrected chi connectivity index (χ0v) is 10.9. The summed E-state index contributed by atoms with van der Waals surface area (Å²) in [6, 6.07) is -0.312. The number of rotatable bonds is 4. The Bertz CT molecular complexity index is 403. The third-order valence-electron chi connectivity index (χ3n) is 3.69. The predicted octanol–water partition coefficient (Wildman–Crippen LogP) is 1.29. The van der Waals surface area contributed by atoms with Crippen molar-refractivity contribution in [1.29, 1.82) is 0 Å². The van der Waals surface area contributed by atoms with Crippen LogP contribution in [0.4, 0.5) is 0 Å². The van der Waals surface area contributed by atoms with E-state index >= 15 is 0 Å². The first kappa shape index (κ1) is 13.1. The molecule has 2 heterocycles. The van der Waals surface area contributed by atoms with Crippen LogP contribution < -0.4 is 0 Å². The van der Waals surface area contributed by atoms with Crippen molar-refractivity contribution in [3.05, 3.63) is 18.2 Å². The molecule has 0 aliphatic carbocycles. The molecule has 1 aromatic heterocycles. The lowest BCUT2D eigenvalue weighted by Crippen LogP contribution is -2.42. The van der Waals surface area contributed by atoms with Gasteiger partial charge in [-0.1, -0.05) is 12.8 Å². The van der Waals surface area contributed by atoms with E-state index in [0.29, 0.717) is 0 Å². The van der Waals surface area contributed by atoms with E-state index in [9.17, 15) is 9.90 Å². The molecule has 2 rings (SSSR count). The van der Waals surface area contributed by atoms with Crippen LogP contribution in [-0.4, -0.2) is 44.7 Å². The van der Waals surface area contributed by atoms with Gasteiger partial charge in [-0.05, 0) is 19.4 Å². The second-order valence-corrected chi connectivity index (χ2v) is 4.94. The molecule has 1 aromatic rings. The van der Waals surface area contributed by atoms with Crippen LogP contribution in [0.5, 0.6) is 0 Å². The number of aryl methyl sites for hydroxylation is 1. The van der Waals surface area contributed by atoms with Crippen LogP contribution in [-0.2, 0) is 18.3 Å². The molecule has 1 N–H and O–H groups in total. The first-order chi connectivity index (χ1) is 8.68. The Kier molecular flexibility index (Phi) is 4.36. The molecule has 0 aromatic carbocycles. The second-order valence-electron chi connectivity index (χ2n) is 4.94. The summed E-state index contributed by atoms with van der Waals surface area (Å²) in [7, 11) is 1.97. The Balaban J connectivity index is 1.96. The Labute approximate surface area is 107 Å². The zero-order chi connectivity index (χ0) is 13.0. The van der Waals surface area contributed by atoms with Crippen LogP contribution in [0.1, 0.15) is 31.5 Å². The number of hydrogen-bond donors (Lipinski definition) is 1. The summed E-state index contributed by atoms with van der Waals surface area (Å²) in [6.45, 7) is 1.67. The topological polar surface area (TPSA) is 58.4 Å². The minimum atomic E-state index is -0.684. The van der Waals surface area contributed by atoms with Crippen molar-refractivity contribution in [2.75, 3.05) is 13.1 Å². The van der Waals surface area contributed by atoms with Gasteiger partial charge in [0.1, 0.15) is 11.9 Å². The highest BCUT2D eigenvalue weighted by atomic mass is 16.4. The highest BCUT2D eigenvalue weighted by molar-refractivity contribution is 5.73. The maximum absolute atomic E-state index is 11.3. The van der Waals surface area contributed by atoms with Crippen LogP contribution in [0.15, 0.2) is 12.4 Å². The molecule has 0 radical (unpaired) electrons. The SMILES string of the molecule is Cn1ccnc1CCN1CCCCCC1C(=O)O. The van der Waals surface area contributed by atoms with Gasteiger partial charge in [-0.25, -0.2) is 4.98 Å². The van der Waals surface area contributed by atoms with Gasteiger partial charge in [0.25, 0.3) is 0 Å². The molecule has 100 valence electrons. The van der Waals surface area contributed by atoms with Crippen molar-refractivity contribution < 1.29 is 9.90 Å². The van der Waals surface area contributed by atoms with Gasteiger partial charge in [-0.3, -0.25) is 9.69 Å². The van der Waals surface area contributed by atoms with Crippen molar-refractivity contribution in [2.45, 2.75) is 38.1 Å². The third-order valence-corrected chi connectivity index (χ3v) is 3.69. The molecular weight excluding hydrogens is 230 g/mol. The van der Waals surface area contributed by atoms with E-state index in [1.54, 1.807) is 6.20 Å². The average molecular weight is 251 g/mol. The fraction of sp³-hybridized carbons (Fsp3) is 0.692. The van der Waals surface area contributed by atoms with Gasteiger partial charge in [0, 0.05) is 32.4 Å². The van der Waals surface area contributed by atoms with Gasteiger partial charge in [0.15, 0.2) is 0 Å². The maximum Gasteiger partial charge on any atom is 0.320 e. The fourth-order valence-electron chi connectivity index (χ4n) is 2.60. The number of carbonyl (C=O) groups is 1. The number of aliphatic carboxylic acids is 1. The average Bonchev–Trinajstić information content (AvgIpc) is 2.62. The Hall–Kier alpha value is -1.36. The Morgan fingerprint density at radius 2 is 2.33 bits per heavy atom. The van der Waals surface area contributed by atoms with E-state index in [4.69, 9.17) is 0 Å². The van der Waals surface area contributed by atoms with Crippen LogP contribution in [0.2, 0.25) is 0 Å². The van der Waals surface area contributed by atoms with E-state index in [2.05, 4.69) is 9.88 Å². The molecule has 1 atom stereocenters. The summed E-state index contributed by atoms with van der Waals surface area (Å²) in [4.78, 5) is 17.7. The summed E-state index contributed by atoms with van der Waals surface area (Å²) in [5.41, 5.74) is 0. The fourth-order valence-corrected chi connectivity index (χ4v) is 2.60. The molecule has 1 aliphatic rings. The number of imidazole rings is 1. The van der Waals surface area contributed by atoms with Gasteiger partial charge in [0.05, 0.1) is 0 Å². The number of nitrogens with zero attached hydrogens (tertiary/aromatic N) is 3. The summed E-state index contributed by atoms with van der Waals surface area (Å²) in [5.74, 6) is 0.333. The molecule has 18 heavy (non-hydrogen) atoms. The van der Waals surface area contributed by atoms with Crippen LogP contribution in [0.3, 0.4) is 0 Å². The summed E-state index contributed by atoms with van der Waals surface area (Å²) >= 11 is 0. The number of carboxylic acid groups (broad SMARTS) is 1. The number of likely N-dealkylation sites (tertiary alicyclic amines) is 1. The van der Waals surface area contributed by atoms with Crippen LogP contribution in [0.25, 0.3) is 0 Å². The number of aromatic nitrogens is 2. The minimum absolute atomic E-state index is 0.312. The van der Waals surface area contributed by atoms with E-state index < -0.39 is 5.97 Å². The van der Waals surface area contributed by atoms with Gasteiger partial charge in [-0.15, -0.1) is 0 Å². The Morgan fingerprint density at radius 1 is 1.50 bits per heavy atom. The molecule has 1 saturated heterocycles. The molecule has 1 aliphatic heterocycles.